The molecular formula is C25H26F3N3O3. The van der Waals surface area contributed by atoms with E-state index in [0.717, 1.165) is 23.0 Å². The lowest BCUT2D eigenvalue weighted by Crippen LogP contribution is -2.46. The number of carbonyl (C=O) groups is 2. The highest BCUT2D eigenvalue weighted by Crippen LogP contribution is 2.29. The molecule has 0 spiro atoms. The SMILES string of the molecule is CC(C)(C)OC(=O)NC(CCc1ccc(C(F)(F)F)cc1)C(=O)Nc1cnc2ccccc2c1. The maximum atomic E-state index is 13.0. The Bertz CT molecular complexity index is 1160. The van der Waals surface area contributed by atoms with Crippen LogP contribution >= 0.6 is 0 Å². The zero-order valence-electron chi connectivity index (χ0n) is 19.1. The average Bonchev–Trinajstić information content (AvgIpc) is 2.75. The summed E-state index contributed by atoms with van der Waals surface area (Å²) in [4.78, 5) is 29.6. The number of amides is 2. The van der Waals surface area contributed by atoms with Crippen LogP contribution in [-0.4, -0.2) is 28.6 Å². The van der Waals surface area contributed by atoms with E-state index >= 15 is 0 Å². The van der Waals surface area contributed by atoms with Crippen molar-refractivity contribution in [1.29, 1.82) is 0 Å². The molecule has 0 fully saturated rings. The minimum absolute atomic E-state index is 0.150. The van der Waals surface area contributed by atoms with Crippen LogP contribution in [0.2, 0.25) is 0 Å². The number of aromatic nitrogens is 1. The predicted octanol–water partition coefficient (Wildman–Crippen LogP) is 5.72. The molecule has 0 aliphatic rings. The Morgan fingerprint density at radius 3 is 2.35 bits per heavy atom. The fraction of sp³-hybridized carbons (Fsp3) is 0.320. The van der Waals surface area contributed by atoms with Gasteiger partial charge in [0.2, 0.25) is 5.91 Å². The first kappa shape index (κ1) is 25.0. The molecule has 1 atom stereocenters. The number of nitrogens with zero attached hydrogens (tertiary/aromatic N) is 1. The summed E-state index contributed by atoms with van der Waals surface area (Å²) in [5.41, 5.74) is 0.312. The van der Waals surface area contributed by atoms with Crippen LogP contribution in [0.5, 0.6) is 0 Å². The average molecular weight is 473 g/mol. The second-order valence-corrected chi connectivity index (χ2v) is 8.84. The molecule has 0 aliphatic heterocycles. The van der Waals surface area contributed by atoms with Crippen molar-refractivity contribution in [2.24, 2.45) is 0 Å². The van der Waals surface area contributed by atoms with E-state index < -0.39 is 35.4 Å². The number of anilines is 1. The number of hydrogen-bond acceptors (Lipinski definition) is 4. The van der Waals surface area contributed by atoms with Crippen molar-refractivity contribution in [2.75, 3.05) is 5.32 Å². The zero-order chi connectivity index (χ0) is 24.9. The summed E-state index contributed by atoms with van der Waals surface area (Å²) in [6.07, 6.45) is -3.26. The number of nitrogens with one attached hydrogen (secondary N) is 2. The van der Waals surface area contributed by atoms with E-state index in [2.05, 4.69) is 15.6 Å². The molecule has 34 heavy (non-hydrogen) atoms. The Hall–Kier alpha value is -3.62. The molecule has 0 aliphatic carbocycles. The van der Waals surface area contributed by atoms with Crippen LogP contribution < -0.4 is 10.6 Å². The number of alkyl halides is 3. The normalized spacial score (nSPS) is 12.8. The number of rotatable bonds is 6. The van der Waals surface area contributed by atoms with E-state index in [1.54, 1.807) is 26.8 Å². The fourth-order valence-corrected chi connectivity index (χ4v) is 3.26. The Kier molecular flexibility index (Phi) is 7.44. The fourth-order valence-electron chi connectivity index (χ4n) is 3.26. The molecule has 0 saturated heterocycles. The third kappa shape index (κ3) is 7.19. The number of para-hydroxylation sites is 1. The summed E-state index contributed by atoms with van der Waals surface area (Å²) < 4.78 is 43.7. The maximum absolute atomic E-state index is 13.0. The summed E-state index contributed by atoms with van der Waals surface area (Å²) in [7, 11) is 0. The van der Waals surface area contributed by atoms with Gasteiger partial charge in [-0.25, -0.2) is 4.79 Å². The minimum atomic E-state index is -4.42. The highest BCUT2D eigenvalue weighted by atomic mass is 19.4. The van der Waals surface area contributed by atoms with Gasteiger partial charge in [0.25, 0.3) is 0 Å². The Labute approximate surface area is 195 Å². The molecular weight excluding hydrogens is 447 g/mol. The third-order valence-electron chi connectivity index (χ3n) is 4.87. The summed E-state index contributed by atoms with van der Waals surface area (Å²) in [5, 5.41) is 6.15. The molecule has 1 unspecified atom stereocenters. The van der Waals surface area contributed by atoms with Gasteiger partial charge < -0.3 is 15.4 Å². The maximum Gasteiger partial charge on any atom is 0.416 e. The molecule has 2 aromatic carbocycles. The van der Waals surface area contributed by atoms with Gasteiger partial charge in [0.15, 0.2) is 0 Å². The van der Waals surface area contributed by atoms with Gasteiger partial charge in [-0.15, -0.1) is 0 Å². The van der Waals surface area contributed by atoms with Crippen LogP contribution in [0.3, 0.4) is 0 Å². The molecule has 0 radical (unpaired) electrons. The number of aryl methyl sites for hydroxylation is 1. The van der Waals surface area contributed by atoms with Crippen molar-refractivity contribution in [3.8, 4) is 0 Å². The molecule has 3 aromatic rings. The van der Waals surface area contributed by atoms with Gasteiger partial charge in [0, 0.05) is 5.39 Å². The van der Waals surface area contributed by atoms with Gasteiger partial charge in [0.1, 0.15) is 11.6 Å². The standard InChI is InChI=1S/C25H26F3N3O3/c1-24(2,3)34-23(33)31-21(13-10-16-8-11-18(12-9-16)25(26,27)28)22(32)30-19-14-17-6-4-5-7-20(17)29-15-19/h4-9,11-12,14-15,21H,10,13H2,1-3H3,(H,30,32)(H,31,33). The van der Waals surface area contributed by atoms with Gasteiger partial charge in [-0.3, -0.25) is 9.78 Å². The second-order valence-electron chi connectivity index (χ2n) is 8.84. The minimum Gasteiger partial charge on any atom is -0.444 e. The van der Waals surface area contributed by atoms with Gasteiger partial charge in [-0.2, -0.15) is 13.2 Å². The summed E-state index contributed by atoms with van der Waals surface area (Å²) in [6, 6.07) is 12.9. The lowest BCUT2D eigenvalue weighted by molar-refractivity contribution is -0.137. The van der Waals surface area contributed by atoms with Crippen molar-refractivity contribution in [3.05, 3.63) is 71.9 Å². The first-order chi connectivity index (χ1) is 15.9. The monoisotopic (exact) mass is 473 g/mol. The van der Waals surface area contributed by atoms with Crippen LogP contribution in [0.15, 0.2) is 60.8 Å². The van der Waals surface area contributed by atoms with E-state index in [-0.39, 0.29) is 12.8 Å². The first-order valence-corrected chi connectivity index (χ1v) is 10.7. The topological polar surface area (TPSA) is 80.3 Å². The Morgan fingerprint density at radius 1 is 1.03 bits per heavy atom. The van der Waals surface area contributed by atoms with Crippen molar-refractivity contribution < 1.29 is 27.5 Å². The molecule has 3 rings (SSSR count). The molecule has 1 aromatic heterocycles. The highest BCUT2D eigenvalue weighted by molar-refractivity contribution is 5.97. The van der Waals surface area contributed by atoms with Gasteiger partial charge in [-0.05, 0) is 63.4 Å². The lowest BCUT2D eigenvalue weighted by Gasteiger charge is -2.23. The smallest absolute Gasteiger partial charge is 0.416 e. The first-order valence-electron chi connectivity index (χ1n) is 10.7. The number of benzene rings is 2. The van der Waals surface area contributed by atoms with Crippen molar-refractivity contribution in [3.63, 3.8) is 0 Å². The van der Waals surface area contributed by atoms with Crippen molar-refractivity contribution in [2.45, 2.75) is 51.4 Å². The van der Waals surface area contributed by atoms with Crippen molar-refractivity contribution >= 4 is 28.6 Å². The highest BCUT2D eigenvalue weighted by Gasteiger charge is 2.30. The largest absolute Gasteiger partial charge is 0.444 e. The van der Waals surface area contributed by atoms with Gasteiger partial charge in [0.05, 0.1) is 23.0 Å². The molecule has 180 valence electrons. The predicted molar refractivity (Wildman–Crippen MR) is 123 cm³/mol. The zero-order valence-corrected chi connectivity index (χ0v) is 19.1. The van der Waals surface area contributed by atoms with Gasteiger partial charge in [-0.1, -0.05) is 30.3 Å². The molecule has 2 N–H and O–H groups in total. The van der Waals surface area contributed by atoms with Crippen LogP contribution in [0.1, 0.15) is 38.3 Å². The molecule has 1 heterocycles. The number of fused-ring (bicyclic) bond motifs is 1. The summed E-state index contributed by atoms with van der Waals surface area (Å²) >= 11 is 0. The van der Waals surface area contributed by atoms with E-state index in [9.17, 15) is 22.8 Å². The Balaban J connectivity index is 1.73. The quantitative estimate of drug-likeness (QED) is 0.480. The van der Waals surface area contributed by atoms with E-state index in [0.29, 0.717) is 11.3 Å². The number of carbonyl (C=O) groups excluding carboxylic acids is 2. The number of pyridine rings is 1. The second kappa shape index (κ2) is 10.1. The van der Waals surface area contributed by atoms with Crippen LogP contribution in [-0.2, 0) is 22.1 Å². The number of hydrogen-bond donors (Lipinski definition) is 2. The molecule has 9 heteroatoms. The third-order valence-corrected chi connectivity index (χ3v) is 4.87. The summed E-state index contributed by atoms with van der Waals surface area (Å²) in [5.74, 6) is -0.491. The lowest BCUT2D eigenvalue weighted by atomic mass is 10.0. The molecule has 6 nitrogen and oxygen atoms in total. The molecule has 0 saturated carbocycles. The summed E-state index contributed by atoms with van der Waals surface area (Å²) in [6.45, 7) is 5.10. The van der Waals surface area contributed by atoms with E-state index in [4.69, 9.17) is 4.74 Å². The van der Waals surface area contributed by atoms with Crippen LogP contribution in [0, 0.1) is 0 Å². The number of ether oxygens (including phenoxy) is 1. The molecule has 0 bridgehead atoms. The van der Waals surface area contributed by atoms with Crippen LogP contribution in [0.25, 0.3) is 10.9 Å². The van der Waals surface area contributed by atoms with Crippen molar-refractivity contribution in [1.82, 2.24) is 10.3 Å². The number of halogens is 3. The Morgan fingerprint density at radius 2 is 1.71 bits per heavy atom. The molecule has 2 amide bonds. The van der Waals surface area contributed by atoms with E-state index in [1.165, 1.54) is 18.3 Å². The number of alkyl carbamates (subject to hydrolysis) is 1. The van der Waals surface area contributed by atoms with E-state index in [1.807, 2.05) is 24.3 Å². The van der Waals surface area contributed by atoms with Crippen LogP contribution in [0.4, 0.5) is 23.7 Å². The van der Waals surface area contributed by atoms with Gasteiger partial charge >= 0.3 is 12.3 Å².